The van der Waals surface area contributed by atoms with E-state index in [0.717, 1.165) is 44.3 Å². The Kier molecular flexibility index (Phi) is 3.69. The van der Waals surface area contributed by atoms with Gasteiger partial charge in [0.1, 0.15) is 5.82 Å². The van der Waals surface area contributed by atoms with Crippen LogP contribution in [0.15, 0.2) is 18.2 Å². The molecular formula is C15H20FNO. The van der Waals surface area contributed by atoms with Gasteiger partial charge in [0.15, 0.2) is 6.29 Å². The second-order valence-electron chi connectivity index (χ2n) is 5.20. The van der Waals surface area contributed by atoms with Gasteiger partial charge in [0, 0.05) is 24.3 Å². The van der Waals surface area contributed by atoms with Gasteiger partial charge in [-0.25, -0.2) is 4.39 Å². The van der Waals surface area contributed by atoms with Gasteiger partial charge in [-0.3, -0.25) is 4.79 Å². The molecule has 3 heteroatoms. The average molecular weight is 249 g/mol. The zero-order valence-electron chi connectivity index (χ0n) is 11.1. The van der Waals surface area contributed by atoms with Gasteiger partial charge < -0.3 is 4.90 Å². The number of nitrogens with zero attached hydrogens (tertiary/aromatic N) is 1. The van der Waals surface area contributed by atoms with Crippen molar-refractivity contribution in [2.24, 2.45) is 5.41 Å². The lowest BCUT2D eigenvalue weighted by molar-refractivity contribution is 0.112. The Balaban J connectivity index is 2.26. The molecule has 1 heterocycles. The van der Waals surface area contributed by atoms with Crippen LogP contribution in [0.2, 0.25) is 0 Å². The minimum absolute atomic E-state index is 0.350. The fourth-order valence-electron chi connectivity index (χ4n) is 2.88. The second kappa shape index (κ2) is 5.09. The summed E-state index contributed by atoms with van der Waals surface area (Å²) < 4.78 is 13.1. The van der Waals surface area contributed by atoms with E-state index in [9.17, 15) is 9.18 Å². The summed E-state index contributed by atoms with van der Waals surface area (Å²) in [5, 5.41) is 0. The largest absolute Gasteiger partial charge is 0.370 e. The van der Waals surface area contributed by atoms with E-state index < -0.39 is 0 Å². The molecule has 1 aromatic carbocycles. The highest BCUT2D eigenvalue weighted by Crippen LogP contribution is 2.39. The van der Waals surface area contributed by atoms with Crippen LogP contribution in [-0.2, 0) is 0 Å². The molecule has 0 spiro atoms. The summed E-state index contributed by atoms with van der Waals surface area (Å²) in [5.41, 5.74) is 1.68. The van der Waals surface area contributed by atoms with E-state index in [0.29, 0.717) is 11.0 Å². The van der Waals surface area contributed by atoms with Crippen LogP contribution < -0.4 is 4.90 Å². The third-order valence-electron chi connectivity index (χ3n) is 4.40. The van der Waals surface area contributed by atoms with E-state index in [1.165, 1.54) is 12.1 Å². The number of rotatable bonds is 4. The molecular weight excluding hydrogens is 229 g/mol. The number of benzene rings is 1. The lowest BCUT2D eigenvalue weighted by Crippen LogP contribution is -2.26. The van der Waals surface area contributed by atoms with Crippen molar-refractivity contribution in [1.29, 1.82) is 0 Å². The number of hydrogen-bond donors (Lipinski definition) is 0. The Morgan fingerprint density at radius 2 is 2.11 bits per heavy atom. The predicted octanol–water partition coefficient (Wildman–Crippen LogP) is 3.65. The fourth-order valence-corrected chi connectivity index (χ4v) is 2.88. The first-order valence-corrected chi connectivity index (χ1v) is 6.64. The van der Waals surface area contributed by atoms with Gasteiger partial charge in [-0.15, -0.1) is 0 Å². The summed E-state index contributed by atoms with van der Waals surface area (Å²) in [6, 6.07) is 4.47. The van der Waals surface area contributed by atoms with Crippen molar-refractivity contribution in [2.75, 3.05) is 18.0 Å². The van der Waals surface area contributed by atoms with Gasteiger partial charge >= 0.3 is 0 Å². The SMILES string of the molecule is CCC1(CC)CCN(c2ccc(F)cc2C=O)C1. The van der Waals surface area contributed by atoms with Gasteiger partial charge in [0.25, 0.3) is 0 Å². The predicted molar refractivity (Wildman–Crippen MR) is 71.6 cm³/mol. The highest BCUT2D eigenvalue weighted by atomic mass is 19.1. The van der Waals surface area contributed by atoms with Crippen LogP contribution in [0.25, 0.3) is 0 Å². The van der Waals surface area contributed by atoms with E-state index in [1.807, 2.05) is 0 Å². The van der Waals surface area contributed by atoms with Crippen molar-refractivity contribution in [3.8, 4) is 0 Å². The van der Waals surface area contributed by atoms with Crippen LogP contribution in [0.4, 0.5) is 10.1 Å². The Morgan fingerprint density at radius 1 is 1.39 bits per heavy atom. The standard InChI is InChI=1S/C15H20FNO/c1-3-15(4-2)7-8-17(11-15)14-6-5-13(16)9-12(14)10-18/h5-6,9-10H,3-4,7-8,11H2,1-2H3. The van der Waals surface area contributed by atoms with Crippen molar-refractivity contribution in [3.05, 3.63) is 29.6 Å². The fraction of sp³-hybridized carbons (Fsp3) is 0.533. The maximum absolute atomic E-state index is 13.1. The number of aldehydes is 1. The molecule has 0 saturated carbocycles. The van der Waals surface area contributed by atoms with Crippen LogP contribution in [0.5, 0.6) is 0 Å². The molecule has 18 heavy (non-hydrogen) atoms. The third kappa shape index (κ3) is 2.26. The summed E-state index contributed by atoms with van der Waals surface area (Å²) in [4.78, 5) is 13.3. The first-order valence-electron chi connectivity index (χ1n) is 6.64. The van der Waals surface area contributed by atoms with Crippen LogP contribution in [0, 0.1) is 11.2 Å². The van der Waals surface area contributed by atoms with Crippen LogP contribution in [-0.4, -0.2) is 19.4 Å². The smallest absolute Gasteiger partial charge is 0.152 e. The Bertz CT molecular complexity index is 440. The maximum atomic E-state index is 13.1. The monoisotopic (exact) mass is 249 g/mol. The molecule has 0 radical (unpaired) electrons. The summed E-state index contributed by atoms with van der Waals surface area (Å²) >= 11 is 0. The van der Waals surface area contributed by atoms with Crippen LogP contribution >= 0.6 is 0 Å². The van der Waals surface area contributed by atoms with Crippen LogP contribution in [0.3, 0.4) is 0 Å². The van der Waals surface area contributed by atoms with Crippen LogP contribution in [0.1, 0.15) is 43.5 Å². The van der Waals surface area contributed by atoms with E-state index in [2.05, 4.69) is 18.7 Å². The molecule has 1 aromatic rings. The molecule has 0 N–H and O–H groups in total. The Labute approximate surface area is 108 Å². The van der Waals surface area contributed by atoms with Crippen molar-refractivity contribution in [2.45, 2.75) is 33.1 Å². The van der Waals surface area contributed by atoms with E-state index >= 15 is 0 Å². The maximum Gasteiger partial charge on any atom is 0.152 e. The molecule has 0 aromatic heterocycles. The molecule has 2 nitrogen and oxygen atoms in total. The lowest BCUT2D eigenvalue weighted by Gasteiger charge is -2.27. The number of halogens is 1. The Hall–Kier alpha value is -1.38. The first kappa shape index (κ1) is 13.1. The van der Waals surface area contributed by atoms with Gasteiger partial charge in [0.2, 0.25) is 0 Å². The summed E-state index contributed by atoms with van der Waals surface area (Å²) in [6.07, 6.45) is 4.20. The molecule has 1 saturated heterocycles. The summed E-state index contributed by atoms with van der Waals surface area (Å²) in [6.45, 7) is 6.36. The zero-order chi connectivity index (χ0) is 13.2. The van der Waals surface area contributed by atoms with Crippen molar-refractivity contribution in [1.82, 2.24) is 0 Å². The topological polar surface area (TPSA) is 20.3 Å². The van der Waals surface area contributed by atoms with Crippen molar-refractivity contribution >= 4 is 12.0 Å². The highest BCUT2D eigenvalue weighted by molar-refractivity contribution is 5.84. The quantitative estimate of drug-likeness (QED) is 0.759. The van der Waals surface area contributed by atoms with Gasteiger partial charge in [-0.1, -0.05) is 13.8 Å². The molecule has 0 unspecified atom stereocenters. The minimum atomic E-state index is -0.350. The Morgan fingerprint density at radius 3 is 2.67 bits per heavy atom. The molecule has 0 atom stereocenters. The minimum Gasteiger partial charge on any atom is -0.370 e. The lowest BCUT2D eigenvalue weighted by atomic mass is 9.82. The van der Waals surface area contributed by atoms with Gasteiger partial charge in [-0.2, -0.15) is 0 Å². The van der Waals surface area contributed by atoms with E-state index in [1.54, 1.807) is 6.07 Å². The molecule has 0 aliphatic carbocycles. The zero-order valence-corrected chi connectivity index (χ0v) is 11.1. The first-order chi connectivity index (χ1) is 8.64. The molecule has 2 rings (SSSR count). The van der Waals surface area contributed by atoms with E-state index in [4.69, 9.17) is 0 Å². The van der Waals surface area contributed by atoms with Crippen molar-refractivity contribution < 1.29 is 9.18 Å². The number of carbonyl (C=O) groups excluding carboxylic acids is 1. The van der Waals surface area contributed by atoms with E-state index in [-0.39, 0.29) is 5.82 Å². The third-order valence-corrected chi connectivity index (χ3v) is 4.40. The normalized spacial score (nSPS) is 18.1. The molecule has 1 aliphatic rings. The van der Waals surface area contributed by atoms with Gasteiger partial charge in [-0.05, 0) is 42.9 Å². The molecule has 0 amide bonds. The second-order valence-corrected chi connectivity index (χ2v) is 5.20. The number of hydrogen-bond acceptors (Lipinski definition) is 2. The summed E-state index contributed by atoms with van der Waals surface area (Å²) in [7, 11) is 0. The number of anilines is 1. The molecule has 1 aliphatic heterocycles. The molecule has 0 bridgehead atoms. The molecule has 1 fully saturated rings. The average Bonchev–Trinajstić information content (AvgIpc) is 2.83. The highest BCUT2D eigenvalue weighted by Gasteiger charge is 2.35. The molecule has 98 valence electrons. The van der Waals surface area contributed by atoms with Crippen molar-refractivity contribution in [3.63, 3.8) is 0 Å². The summed E-state index contributed by atoms with van der Waals surface area (Å²) in [5.74, 6) is -0.350. The number of carbonyl (C=O) groups is 1. The van der Waals surface area contributed by atoms with Gasteiger partial charge in [0.05, 0.1) is 0 Å².